The van der Waals surface area contributed by atoms with Gasteiger partial charge in [0.05, 0.1) is 5.69 Å². The average Bonchev–Trinajstić information content (AvgIpc) is 2.41. The van der Waals surface area contributed by atoms with Crippen molar-refractivity contribution in [1.29, 1.82) is 0 Å². The molecule has 1 aromatic heterocycles. The third kappa shape index (κ3) is 5.08. The Morgan fingerprint density at radius 2 is 2.19 bits per heavy atom. The van der Waals surface area contributed by atoms with Crippen LogP contribution in [0.4, 0.5) is 0 Å². The molecule has 1 aromatic rings. The van der Waals surface area contributed by atoms with Crippen LogP contribution in [-0.4, -0.2) is 35.1 Å². The number of hydrogen-bond acceptors (Lipinski definition) is 3. The van der Waals surface area contributed by atoms with Crippen molar-refractivity contribution in [3.8, 4) is 0 Å². The summed E-state index contributed by atoms with van der Waals surface area (Å²) in [4.78, 5) is 7.34. The van der Waals surface area contributed by atoms with E-state index in [9.17, 15) is 0 Å². The first-order valence-electron chi connectivity index (χ1n) is 8.48. The summed E-state index contributed by atoms with van der Waals surface area (Å²) in [6, 6.07) is 7.65. The van der Waals surface area contributed by atoms with E-state index in [-0.39, 0.29) is 0 Å². The minimum Gasteiger partial charge on any atom is -0.311 e. The van der Waals surface area contributed by atoms with Gasteiger partial charge in [0, 0.05) is 37.4 Å². The summed E-state index contributed by atoms with van der Waals surface area (Å²) in [5.74, 6) is 0.743. The van der Waals surface area contributed by atoms with Crippen LogP contribution in [0.25, 0.3) is 0 Å². The normalized spacial score (nSPS) is 23.7. The fourth-order valence-corrected chi connectivity index (χ4v) is 3.34. The number of hydrogen-bond donors (Lipinski definition) is 1. The third-order valence-corrected chi connectivity index (χ3v) is 4.31. The number of aromatic nitrogens is 1. The Morgan fingerprint density at radius 3 is 2.86 bits per heavy atom. The minimum atomic E-state index is 0.639. The Balaban J connectivity index is 2.05. The molecule has 2 rings (SSSR count). The molecule has 2 heterocycles. The van der Waals surface area contributed by atoms with E-state index in [1.807, 2.05) is 0 Å². The highest BCUT2D eigenvalue weighted by Crippen LogP contribution is 2.19. The summed E-state index contributed by atoms with van der Waals surface area (Å²) >= 11 is 0. The van der Waals surface area contributed by atoms with Crippen LogP contribution in [-0.2, 0) is 6.54 Å². The van der Waals surface area contributed by atoms with Gasteiger partial charge in [-0.25, -0.2) is 0 Å². The van der Waals surface area contributed by atoms with Gasteiger partial charge in [0.25, 0.3) is 0 Å². The van der Waals surface area contributed by atoms with Gasteiger partial charge in [-0.3, -0.25) is 9.88 Å². The number of nitrogens with zero attached hydrogens (tertiary/aromatic N) is 2. The first-order valence-corrected chi connectivity index (χ1v) is 8.48. The van der Waals surface area contributed by atoms with Crippen LogP contribution in [0.2, 0.25) is 0 Å². The van der Waals surface area contributed by atoms with Gasteiger partial charge in [-0.2, -0.15) is 0 Å². The third-order valence-electron chi connectivity index (χ3n) is 4.31. The van der Waals surface area contributed by atoms with E-state index in [1.54, 1.807) is 0 Å². The Bertz CT molecular complexity index is 430. The predicted octanol–water partition coefficient (Wildman–Crippen LogP) is 3.38. The van der Waals surface area contributed by atoms with Gasteiger partial charge in [0.15, 0.2) is 0 Å². The zero-order valence-corrected chi connectivity index (χ0v) is 14.1. The lowest BCUT2D eigenvalue weighted by Gasteiger charge is -2.41. The van der Waals surface area contributed by atoms with Gasteiger partial charge >= 0.3 is 0 Å². The molecule has 1 saturated heterocycles. The second-order valence-corrected chi connectivity index (χ2v) is 6.88. The van der Waals surface area contributed by atoms with Crippen LogP contribution in [0.1, 0.15) is 51.4 Å². The topological polar surface area (TPSA) is 28.2 Å². The molecule has 1 N–H and O–H groups in total. The minimum absolute atomic E-state index is 0.639. The van der Waals surface area contributed by atoms with Crippen LogP contribution in [0.5, 0.6) is 0 Å². The van der Waals surface area contributed by atoms with Crippen LogP contribution in [0.3, 0.4) is 0 Å². The Morgan fingerprint density at radius 1 is 1.38 bits per heavy atom. The zero-order chi connectivity index (χ0) is 15.2. The van der Waals surface area contributed by atoms with Crippen molar-refractivity contribution >= 4 is 0 Å². The molecule has 3 heteroatoms. The van der Waals surface area contributed by atoms with Gasteiger partial charge in [0.1, 0.15) is 0 Å². The number of pyridine rings is 1. The highest BCUT2D eigenvalue weighted by atomic mass is 15.2. The summed E-state index contributed by atoms with van der Waals surface area (Å²) in [5.41, 5.74) is 2.33. The van der Waals surface area contributed by atoms with Crippen molar-refractivity contribution in [2.45, 2.75) is 65.6 Å². The molecule has 0 aliphatic carbocycles. The van der Waals surface area contributed by atoms with E-state index >= 15 is 0 Å². The molecule has 0 aromatic carbocycles. The Kier molecular flexibility index (Phi) is 6.19. The van der Waals surface area contributed by atoms with Crippen LogP contribution in [0.15, 0.2) is 18.2 Å². The molecule has 0 radical (unpaired) electrons. The number of piperazine rings is 1. The lowest BCUT2D eigenvalue weighted by Crippen LogP contribution is -2.56. The van der Waals surface area contributed by atoms with Gasteiger partial charge in [0.2, 0.25) is 0 Å². The lowest BCUT2D eigenvalue weighted by molar-refractivity contribution is 0.102. The number of nitrogens with one attached hydrogen (secondary N) is 1. The van der Waals surface area contributed by atoms with Crippen molar-refractivity contribution < 1.29 is 0 Å². The van der Waals surface area contributed by atoms with Gasteiger partial charge in [-0.05, 0) is 37.8 Å². The molecule has 3 nitrogen and oxygen atoms in total. The van der Waals surface area contributed by atoms with Crippen LogP contribution < -0.4 is 5.32 Å². The maximum absolute atomic E-state index is 4.69. The van der Waals surface area contributed by atoms with E-state index in [0.29, 0.717) is 12.1 Å². The van der Waals surface area contributed by atoms with Gasteiger partial charge < -0.3 is 5.32 Å². The number of aryl methyl sites for hydroxylation is 1. The fourth-order valence-electron chi connectivity index (χ4n) is 3.34. The quantitative estimate of drug-likeness (QED) is 0.870. The van der Waals surface area contributed by atoms with Gasteiger partial charge in [-0.1, -0.05) is 33.3 Å². The lowest BCUT2D eigenvalue weighted by atomic mass is 9.97. The van der Waals surface area contributed by atoms with Crippen molar-refractivity contribution in [2.24, 2.45) is 5.92 Å². The highest BCUT2D eigenvalue weighted by Gasteiger charge is 2.28. The molecular weight excluding hydrogens is 258 g/mol. The first-order chi connectivity index (χ1) is 10.1. The maximum Gasteiger partial charge on any atom is 0.0547 e. The largest absolute Gasteiger partial charge is 0.311 e. The SMILES string of the molecule is CCCC1CN(Cc2cccc(C)n2)C(CC(C)C)CN1. The molecule has 0 spiro atoms. The summed E-state index contributed by atoms with van der Waals surface area (Å²) in [6.07, 6.45) is 3.78. The van der Waals surface area contributed by atoms with Crippen molar-refractivity contribution in [2.75, 3.05) is 13.1 Å². The molecule has 21 heavy (non-hydrogen) atoms. The molecule has 0 saturated carbocycles. The standard InChI is InChI=1S/C18H31N3/c1-5-7-16-12-21(18(11-19-16)10-14(2)3)13-17-9-6-8-15(4)20-17/h6,8-9,14,16,18-19H,5,7,10-13H2,1-4H3. The smallest absolute Gasteiger partial charge is 0.0547 e. The molecular formula is C18H31N3. The molecule has 1 aliphatic heterocycles. The summed E-state index contributed by atoms with van der Waals surface area (Å²) in [5, 5.41) is 3.74. The molecule has 2 atom stereocenters. The zero-order valence-electron chi connectivity index (χ0n) is 14.1. The van der Waals surface area contributed by atoms with E-state index in [0.717, 1.165) is 31.2 Å². The summed E-state index contributed by atoms with van der Waals surface area (Å²) in [6.45, 7) is 12.3. The summed E-state index contributed by atoms with van der Waals surface area (Å²) in [7, 11) is 0. The fraction of sp³-hybridized carbons (Fsp3) is 0.722. The molecule has 118 valence electrons. The molecule has 1 aliphatic rings. The first kappa shape index (κ1) is 16.4. The molecule has 0 amide bonds. The van der Waals surface area contributed by atoms with Gasteiger partial charge in [-0.15, -0.1) is 0 Å². The summed E-state index contributed by atoms with van der Waals surface area (Å²) < 4.78 is 0. The van der Waals surface area contributed by atoms with Crippen molar-refractivity contribution in [1.82, 2.24) is 15.2 Å². The van der Waals surface area contributed by atoms with E-state index < -0.39 is 0 Å². The monoisotopic (exact) mass is 289 g/mol. The predicted molar refractivity (Wildman–Crippen MR) is 89.3 cm³/mol. The Hall–Kier alpha value is -0.930. The second kappa shape index (κ2) is 7.90. The highest BCUT2D eigenvalue weighted by molar-refractivity contribution is 5.10. The Labute approximate surface area is 130 Å². The van der Waals surface area contributed by atoms with E-state index in [2.05, 4.69) is 61.1 Å². The van der Waals surface area contributed by atoms with Crippen LogP contribution in [0, 0.1) is 12.8 Å². The van der Waals surface area contributed by atoms with Crippen LogP contribution >= 0.6 is 0 Å². The van der Waals surface area contributed by atoms with E-state index in [1.165, 1.54) is 25.0 Å². The maximum atomic E-state index is 4.69. The molecule has 0 bridgehead atoms. The molecule has 2 unspecified atom stereocenters. The average molecular weight is 289 g/mol. The number of rotatable bonds is 6. The van der Waals surface area contributed by atoms with Crippen molar-refractivity contribution in [3.05, 3.63) is 29.6 Å². The second-order valence-electron chi connectivity index (χ2n) is 6.88. The molecule has 1 fully saturated rings. The van der Waals surface area contributed by atoms with E-state index in [4.69, 9.17) is 0 Å². The van der Waals surface area contributed by atoms with Crippen molar-refractivity contribution in [3.63, 3.8) is 0 Å².